The summed E-state index contributed by atoms with van der Waals surface area (Å²) in [5.41, 5.74) is 0. The van der Waals surface area contributed by atoms with E-state index in [1.165, 1.54) is 32.1 Å². The molecule has 0 unspecified atom stereocenters. The first kappa shape index (κ1) is 9.04. The van der Waals surface area contributed by atoms with Crippen molar-refractivity contribution in [2.75, 3.05) is 0 Å². The van der Waals surface area contributed by atoms with Gasteiger partial charge in [-0.25, -0.2) is 0 Å². The lowest BCUT2D eigenvalue weighted by Crippen LogP contribution is -2.23. The van der Waals surface area contributed by atoms with Crippen molar-refractivity contribution in [2.24, 2.45) is 11.8 Å². The highest BCUT2D eigenvalue weighted by molar-refractivity contribution is 5.72. The molecule has 0 aromatic rings. The zero-order chi connectivity index (χ0) is 9.26. The van der Waals surface area contributed by atoms with Gasteiger partial charge in [-0.2, -0.15) is 0 Å². The topological polar surface area (TPSA) is 26.3 Å². The first-order valence-electron chi connectivity index (χ1n) is 5.47. The second kappa shape index (κ2) is 3.69. The van der Waals surface area contributed by atoms with Crippen molar-refractivity contribution in [1.82, 2.24) is 0 Å². The maximum absolute atomic E-state index is 11.1. The molecule has 1 heterocycles. The summed E-state index contributed by atoms with van der Waals surface area (Å²) < 4.78 is 5.19. The molecule has 0 spiro atoms. The summed E-state index contributed by atoms with van der Waals surface area (Å²) in [6.07, 6.45) is 7.55. The zero-order valence-electron chi connectivity index (χ0n) is 8.29. The largest absolute Gasteiger partial charge is 0.462 e. The molecule has 2 fully saturated rings. The van der Waals surface area contributed by atoms with E-state index in [9.17, 15) is 4.79 Å². The van der Waals surface area contributed by atoms with Crippen LogP contribution in [-0.4, -0.2) is 12.1 Å². The minimum absolute atomic E-state index is 0.0167. The monoisotopic (exact) mass is 182 g/mol. The van der Waals surface area contributed by atoms with Crippen molar-refractivity contribution < 1.29 is 9.53 Å². The molecule has 2 rings (SSSR count). The second-order valence-electron chi connectivity index (χ2n) is 4.46. The van der Waals surface area contributed by atoms with Gasteiger partial charge in [0, 0.05) is 5.92 Å². The Morgan fingerprint density at radius 1 is 1.23 bits per heavy atom. The van der Waals surface area contributed by atoms with Crippen LogP contribution in [0, 0.1) is 11.8 Å². The van der Waals surface area contributed by atoms with E-state index < -0.39 is 0 Å². The molecule has 2 atom stereocenters. The Morgan fingerprint density at radius 3 is 2.46 bits per heavy atom. The molecule has 2 heteroatoms. The molecule has 0 amide bonds. The van der Waals surface area contributed by atoms with E-state index in [0.29, 0.717) is 12.3 Å². The lowest BCUT2D eigenvalue weighted by atomic mass is 9.77. The van der Waals surface area contributed by atoms with Crippen LogP contribution in [0.5, 0.6) is 0 Å². The molecular formula is C11H18O2. The Hall–Kier alpha value is -0.530. The van der Waals surface area contributed by atoms with Gasteiger partial charge in [0.1, 0.15) is 6.10 Å². The van der Waals surface area contributed by atoms with Crippen LogP contribution < -0.4 is 0 Å². The predicted octanol–water partition coefficient (Wildman–Crippen LogP) is 2.52. The molecular weight excluding hydrogens is 164 g/mol. The van der Waals surface area contributed by atoms with Crippen LogP contribution in [0.25, 0.3) is 0 Å². The Kier molecular flexibility index (Phi) is 2.56. The molecule has 0 radical (unpaired) electrons. The number of cyclic esters (lactones) is 1. The summed E-state index contributed by atoms with van der Waals surface area (Å²) in [7, 11) is 0. The van der Waals surface area contributed by atoms with Crippen LogP contribution in [0.2, 0.25) is 0 Å². The number of ether oxygens (including phenoxy) is 1. The van der Waals surface area contributed by atoms with Gasteiger partial charge < -0.3 is 4.74 Å². The standard InChI is InChI=1S/C11H18O2/c1-8-10(7-11(12)13-8)9-5-3-2-4-6-9/h8-10H,2-7H2,1H3/t8-,10-/m1/s1. The summed E-state index contributed by atoms with van der Waals surface area (Å²) in [6.45, 7) is 2.05. The lowest BCUT2D eigenvalue weighted by Gasteiger charge is -2.28. The third-order valence-corrected chi connectivity index (χ3v) is 3.58. The van der Waals surface area contributed by atoms with Crippen LogP contribution in [0.4, 0.5) is 0 Å². The quantitative estimate of drug-likeness (QED) is 0.582. The van der Waals surface area contributed by atoms with Gasteiger partial charge in [-0.1, -0.05) is 32.1 Å². The van der Waals surface area contributed by atoms with Crippen molar-refractivity contribution in [3.63, 3.8) is 0 Å². The van der Waals surface area contributed by atoms with Crippen LogP contribution in [0.1, 0.15) is 45.4 Å². The fraction of sp³-hybridized carbons (Fsp3) is 0.909. The summed E-state index contributed by atoms with van der Waals surface area (Å²) >= 11 is 0. The van der Waals surface area contributed by atoms with E-state index in [4.69, 9.17) is 4.74 Å². The zero-order valence-corrected chi connectivity index (χ0v) is 8.29. The highest BCUT2D eigenvalue weighted by atomic mass is 16.5. The number of esters is 1. The fourth-order valence-electron chi connectivity index (χ4n) is 2.81. The molecule has 74 valence electrons. The van der Waals surface area contributed by atoms with E-state index in [1.54, 1.807) is 0 Å². The van der Waals surface area contributed by atoms with Gasteiger partial charge in [0.2, 0.25) is 0 Å². The highest BCUT2D eigenvalue weighted by Gasteiger charge is 2.37. The maximum Gasteiger partial charge on any atom is 0.306 e. The third kappa shape index (κ3) is 1.87. The Balaban J connectivity index is 1.95. The first-order valence-corrected chi connectivity index (χ1v) is 5.47. The van der Waals surface area contributed by atoms with Gasteiger partial charge in [0.05, 0.1) is 6.42 Å². The molecule has 1 aliphatic heterocycles. The van der Waals surface area contributed by atoms with Crippen LogP contribution in [0.15, 0.2) is 0 Å². The summed E-state index contributed by atoms with van der Waals surface area (Å²) in [6, 6.07) is 0. The second-order valence-corrected chi connectivity index (χ2v) is 4.46. The number of rotatable bonds is 1. The van der Waals surface area contributed by atoms with Gasteiger partial charge in [-0.15, -0.1) is 0 Å². The van der Waals surface area contributed by atoms with Crippen molar-refractivity contribution >= 4 is 5.97 Å². The fourth-order valence-corrected chi connectivity index (χ4v) is 2.81. The minimum Gasteiger partial charge on any atom is -0.462 e. The molecule has 0 aromatic carbocycles. The van der Waals surface area contributed by atoms with E-state index in [0.717, 1.165) is 5.92 Å². The summed E-state index contributed by atoms with van der Waals surface area (Å²) in [4.78, 5) is 11.1. The van der Waals surface area contributed by atoms with Crippen molar-refractivity contribution in [1.29, 1.82) is 0 Å². The van der Waals surface area contributed by atoms with Crippen molar-refractivity contribution in [3.8, 4) is 0 Å². The van der Waals surface area contributed by atoms with Gasteiger partial charge in [-0.3, -0.25) is 4.79 Å². The first-order chi connectivity index (χ1) is 6.27. The van der Waals surface area contributed by atoms with Gasteiger partial charge in [0.25, 0.3) is 0 Å². The van der Waals surface area contributed by atoms with E-state index >= 15 is 0 Å². The predicted molar refractivity (Wildman–Crippen MR) is 50.2 cm³/mol. The minimum atomic E-state index is 0.0167. The Labute approximate surface area is 79.7 Å². The van der Waals surface area contributed by atoms with E-state index in [1.807, 2.05) is 6.92 Å². The molecule has 2 nitrogen and oxygen atoms in total. The van der Waals surface area contributed by atoms with Crippen LogP contribution >= 0.6 is 0 Å². The molecule has 1 aliphatic carbocycles. The number of carbonyl (C=O) groups excluding carboxylic acids is 1. The molecule has 0 N–H and O–H groups in total. The maximum atomic E-state index is 11.1. The average Bonchev–Trinajstić information content (AvgIpc) is 2.47. The van der Waals surface area contributed by atoms with Crippen molar-refractivity contribution in [3.05, 3.63) is 0 Å². The SMILES string of the molecule is C[C@H]1OC(=O)C[C@H]1C1CCCCC1. The van der Waals surface area contributed by atoms with Crippen molar-refractivity contribution in [2.45, 2.75) is 51.6 Å². The normalized spacial score (nSPS) is 36.2. The van der Waals surface area contributed by atoms with Gasteiger partial charge >= 0.3 is 5.97 Å². The van der Waals surface area contributed by atoms with Gasteiger partial charge in [0.15, 0.2) is 0 Å². The Bertz CT molecular complexity index is 194. The van der Waals surface area contributed by atoms with E-state index in [-0.39, 0.29) is 12.1 Å². The molecule has 2 aliphatic rings. The molecule has 1 saturated carbocycles. The number of hydrogen-bond acceptors (Lipinski definition) is 2. The number of carbonyl (C=O) groups is 1. The smallest absolute Gasteiger partial charge is 0.306 e. The highest BCUT2D eigenvalue weighted by Crippen LogP contribution is 2.37. The van der Waals surface area contributed by atoms with E-state index in [2.05, 4.69) is 0 Å². The molecule has 0 aromatic heterocycles. The Morgan fingerprint density at radius 2 is 1.92 bits per heavy atom. The van der Waals surface area contributed by atoms with Crippen LogP contribution in [0.3, 0.4) is 0 Å². The molecule has 13 heavy (non-hydrogen) atoms. The lowest BCUT2D eigenvalue weighted by molar-refractivity contribution is -0.140. The number of hydrogen-bond donors (Lipinski definition) is 0. The van der Waals surface area contributed by atoms with Gasteiger partial charge in [-0.05, 0) is 12.8 Å². The third-order valence-electron chi connectivity index (χ3n) is 3.58. The summed E-state index contributed by atoms with van der Waals surface area (Å²) in [5, 5.41) is 0. The molecule has 0 bridgehead atoms. The summed E-state index contributed by atoms with van der Waals surface area (Å²) in [5.74, 6) is 1.30. The van der Waals surface area contributed by atoms with Crippen LogP contribution in [-0.2, 0) is 9.53 Å². The molecule has 1 saturated heterocycles. The average molecular weight is 182 g/mol.